The van der Waals surface area contributed by atoms with Crippen LogP contribution in [0, 0.1) is 0 Å². The number of rotatable bonds is 9. The maximum atomic E-state index is 12.4. The van der Waals surface area contributed by atoms with Crippen molar-refractivity contribution >= 4 is 29.3 Å². The molecule has 2 aromatic carbocycles. The molecule has 1 aromatic heterocycles. The number of nitrogens with zero attached hydrogens (tertiary/aromatic N) is 4. The third kappa shape index (κ3) is 6.32. The van der Waals surface area contributed by atoms with Crippen LogP contribution in [0.25, 0.3) is 5.69 Å². The smallest absolute Gasteiger partial charge is 0.230 e. The van der Waals surface area contributed by atoms with Gasteiger partial charge in [-0.15, -0.1) is 10.2 Å². The van der Waals surface area contributed by atoms with E-state index in [4.69, 9.17) is 16.3 Å². The van der Waals surface area contributed by atoms with Gasteiger partial charge in [0.25, 0.3) is 0 Å². The Morgan fingerprint density at radius 1 is 1.06 bits per heavy atom. The summed E-state index contributed by atoms with van der Waals surface area (Å²) in [5.41, 5.74) is 2.13. The Morgan fingerprint density at radius 2 is 1.81 bits per heavy atom. The zero-order valence-electron chi connectivity index (χ0n) is 17.7. The van der Waals surface area contributed by atoms with E-state index >= 15 is 0 Å². The van der Waals surface area contributed by atoms with E-state index in [1.165, 1.54) is 17.3 Å². The Kier molecular flexibility index (Phi) is 8.17. The van der Waals surface area contributed by atoms with Crippen LogP contribution in [-0.4, -0.2) is 64.2 Å². The van der Waals surface area contributed by atoms with Gasteiger partial charge in [0.1, 0.15) is 0 Å². The molecule has 32 heavy (non-hydrogen) atoms. The molecule has 1 aliphatic heterocycles. The third-order valence-electron chi connectivity index (χ3n) is 5.16. The number of aromatic nitrogens is 3. The Labute approximate surface area is 197 Å². The van der Waals surface area contributed by atoms with Gasteiger partial charge in [-0.05, 0) is 36.2 Å². The first-order chi connectivity index (χ1) is 15.7. The van der Waals surface area contributed by atoms with Gasteiger partial charge in [-0.25, -0.2) is 0 Å². The predicted octanol–water partition coefficient (Wildman–Crippen LogP) is 3.20. The van der Waals surface area contributed by atoms with Gasteiger partial charge in [-0.2, -0.15) is 0 Å². The topological polar surface area (TPSA) is 72.3 Å². The first kappa shape index (κ1) is 22.8. The normalized spacial score (nSPS) is 14.4. The second-order valence-electron chi connectivity index (χ2n) is 7.47. The predicted molar refractivity (Wildman–Crippen MR) is 126 cm³/mol. The van der Waals surface area contributed by atoms with Gasteiger partial charge in [-0.1, -0.05) is 53.7 Å². The Bertz CT molecular complexity index is 1010. The number of hydrogen-bond donors (Lipinski definition) is 1. The van der Waals surface area contributed by atoms with Gasteiger partial charge in [0, 0.05) is 30.3 Å². The number of carbonyl (C=O) groups is 1. The first-order valence-electron chi connectivity index (χ1n) is 10.6. The zero-order valence-corrected chi connectivity index (χ0v) is 19.3. The molecule has 0 radical (unpaired) electrons. The monoisotopic (exact) mass is 471 g/mol. The summed E-state index contributed by atoms with van der Waals surface area (Å²) < 4.78 is 7.46. The molecule has 1 fully saturated rings. The van der Waals surface area contributed by atoms with Crippen LogP contribution < -0.4 is 5.32 Å². The van der Waals surface area contributed by atoms with Crippen molar-refractivity contribution in [2.24, 2.45) is 0 Å². The lowest BCUT2D eigenvalue weighted by Crippen LogP contribution is -2.36. The van der Waals surface area contributed by atoms with E-state index in [0.717, 1.165) is 44.2 Å². The quantitative estimate of drug-likeness (QED) is 0.483. The molecule has 9 heteroatoms. The van der Waals surface area contributed by atoms with Crippen molar-refractivity contribution < 1.29 is 9.53 Å². The van der Waals surface area contributed by atoms with Gasteiger partial charge >= 0.3 is 0 Å². The van der Waals surface area contributed by atoms with Crippen molar-refractivity contribution in [2.45, 2.75) is 18.1 Å². The highest BCUT2D eigenvalue weighted by Gasteiger charge is 2.19. The van der Waals surface area contributed by atoms with E-state index in [9.17, 15) is 4.79 Å². The van der Waals surface area contributed by atoms with Crippen LogP contribution >= 0.6 is 23.4 Å². The van der Waals surface area contributed by atoms with Crippen LogP contribution in [-0.2, 0) is 22.5 Å². The molecule has 4 rings (SSSR count). The fraction of sp³-hybridized carbons (Fsp3) is 0.348. The molecule has 0 saturated carbocycles. The molecule has 3 aromatic rings. The lowest BCUT2D eigenvalue weighted by molar-refractivity contribution is -0.118. The Hall–Kier alpha value is -2.39. The largest absolute Gasteiger partial charge is 0.379 e. The number of nitrogens with one attached hydrogen (secondary N) is 1. The molecule has 1 N–H and O–H groups in total. The molecular formula is C23H26ClN5O2S. The number of amides is 1. The number of ether oxygens (including phenoxy) is 1. The van der Waals surface area contributed by atoms with Crippen molar-refractivity contribution in [1.82, 2.24) is 25.0 Å². The summed E-state index contributed by atoms with van der Waals surface area (Å²) in [6.45, 7) is 4.44. The molecule has 2 heterocycles. The highest BCUT2D eigenvalue weighted by Crippen LogP contribution is 2.24. The highest BCUT2D eigenvalue weighted by molar-refractivity contribution is 7.99. The number of halogens is 1. The SMILES string of the molecule is O=C(CSc1nnc(CN2CCOCC2)n1-c1ccc(Cl)cc1)NCCc1ccccc1. The van der Waals surface area contributed by atoms with Crippen LogP contribution in [0.2, 0.25) is 5.02 Å². The number of hydrogen-bond acceptors (Lipinski definition) is 6. The third-order valence-corrected chi connectivity index (χ3v) is 6.35. The minimum Gasteiger partial charge on any atom is -0.379 e. The fourth-order valence-corrected chi connectivity index (χ4v) is 4.40. The van der Waals surface area contributed by atoms with Crippen molar-refractivity contribution in [3.8, 4) is 5.69 Å². The van der Waals surface area contributed by atoms with E-state index < -0.39 is 0 Å². The van der Waals surface area contributed by atoms with E-state index in [1.807, 2.05) is 47.0 Å². The molecule has 168 valence electrons. The summed E-state index contributed by atoms with van der Waals surface area (Å²) >= 11 is 7.47. The molecule has 0 spiro atoms. The van der Waals surface area contributed by atoms with Gasteiger partial charge in [0.15, 0.2) is 11.0 Å². The second kappa shape index (κ2) is 11.5. The Balaban J connectivity index is 1.40. The molecule has 0 aliphatic carbocycles. The summed E-state index contributed by atoms with van der Waals surface area (Å²) in [6, 6.07) is 17.7. The molecule has 1 amide bonds. The number of thioether (sulfide) groups is 1. The summed E-state index contributed by atoms with van der Waals surface area (Å²) in [4.78, 5) is 14.7. The maximum absolute atomic E-state index is 12.4. The van der Waals surface area contributed by atoms with Crippen molar-refractivity contribution in [2.75, 3.05) is 38.6 Å². The molecule has 0 bridgehead atoms. The number of carbonyl (C=O) groups excluding carboxylic acids is 1. The van der Waals surface area contributed by atoms with Crippen LogP contribution in [0.15, 0.2) is 59.8 Å². The summed E-state index contributed by atoms with van der Waals surface area (Å²) in [5, 5.41) is 13.2. The molecule has 7 nitrogen and oxygen atoms in total. The first-order valence-corrected chi connectivity index (χ1v) is 12.0. The van der Waals surface area contributed by atoms with Gasteiger partial charge in [0.2, 0.25) is 5.91 Å². The lowest BCUT2D eigenvalue weighted by atomic mass is 10.1. The maximum Gasteiger partial charge on any atom is 0.230 e. The minimum absolute atomic E-state index is 0.0219. The van der Waals surface area contributed by atoms with E-state index in [1.54, 1.807) is 0 Å². The van der Waals surface area contributed by atoms with Crippen LogP contribution in [0.5, 0.6) is 0 Å². The summed E-state index contributed by atoms with van der Waals surface area (Å²) in [5.74, 6) is 1.09. The second-order valence-corrected chi connectivity index (χ2v) is 8.85. The van der Waals surface area contributed by atoms with Crippen LogP contribution in [0.1, 0.15) is 11.4 Å². The zero-order chi connectivity index (χ0) is 22.2. The molecule has 1 saturated heterocycles. The van der Waals surface area contributed by atoms with Crippen LogP contribution in [0.4, 0.5) is 0 Å². The highest BCUT2D eigenvalue weighted by atomic mass is 35.5. The molecule has 0 unspecified atom stereocenters. The Morgan fingerprint density at radius 3 is 2.56 bits per heavy atom. The van der Waals surface area contributed by atoms with Crippen molar-refractivity contribution in [1.29, 1.82) is 0 Å². The van der Waals surface area contributed by atoms with E-state index in [0.29, 0.717) is 23.3 Å². The average molecular weight is 472 g/mol. The minimum atomic E-state index is -0.0219. The number of benzene rings is 2. The van der Waals surface area contributed by atoms with Gasteiger partial charge in [0.05, 0.1) is 25.5 Å². The van der Waals surface area contributed by atoms with Gasteiger partial charge < -0.3 is 10.1 Å². The average Bonchev–Trinajstić information content (AvgIpc) is 3.22. The molecule has 1 aliphatic rings. The van der Waals surface area contributed by atoms with E-state index in [2.05, 4.69) is 32.5 Å². The lowest BCUT2D eigenvalue weighted by Gasteiger charge is -2.26. The summed E-state index contributed by atoms with van der Waals surface area (Å²) in [6.07, 6.45) is 0.807. The van der Waals surface area contributed by atoms with Crippen LogP contribution in [0.3, 0.4) is 0 Å². The standard InChI is InChI=1S/C23H26ClN5O2S/c24-19-6-8-20(9-7-19)29-21(16-28-12-14-31-15-13-28)26-27-23(29)32-17-22(30)25-11-10-18-4-2-1-3-5-18/h1-9H,10-17H2,(H,25,30). The van der Waals surface area contributed by atoms with Gasteiger partial charge in [-0.3, -0.25) is 14.3 Å². The molecular weight excluding hydrogens is 446 g/mol. The summed E-state index contributed by atoms with van der Waals surface area (Å²) in [7, 11) is 0. The number of morpholine rings is 1. The van der Waals surface area contributed by atoms with E-state index in [-0.39, 0.29) is 11.7 Å². The molecule has 0 atom stereocenters. The van der Waals surface area contributed by atoms with Crippen molar-refractivity contribution in [3.63, 3.8) is 0 Å². The van der Waals surface area contributed by atoms with Crippen molar-refractivity contribution in [3.05, 3.63) is 71.0 Å². The fourth-order valence-electron chi connectivity index (χ4n) is 3.48.